The topological polar surface area (TPSA) is 49.4 Å². The SMILES string of the molecule is CC(C)C(C(=O)Nc1cccc(C(=O)N2CCCC2)c1)c1ccc(Cl)cc1. The Balaban J connectivity index is 1.76. The van der Waals surface area contributed by atoms with Gasteiger partial charge in [-0.1, -0.05) is 43.6 Å². The van der Waals surface area contributed by atoms with Crippen LogP contribution in [0.2, 0.25) is 5.02 Å². The minimum Gasteiger partial charge on any atom is -0.339 e. The highest BCUT2D eigenvalue weighted by Crippen LogP contribution is 2.27. The molecular formula is C22H25ClN2O2. The molecule has 1 aliphatic rings. The zero-order valence-corrected chi connectivity index (χ0v) is 16.5. The van der Waals surface area contributed by atoms with Gasteiger partial charge in [0.2, 0.25) is 5.91 Å². The van der Waals surface area contributed by atoms with Gasteiger partial charge in [-0.15, -0.1) is 0 Å². The van der Waals surface area contributed by atoms with E-state index in [-0.39, 0.29) is 23.7 Å². The fourth-order valence-corrected chi connectivity index (χ4v) is 3.69. The Labute approximate surface area is 165 Å². The Morgan fingerprint density at radius 3 is 2.33 bits per heavy atom. The van der Waals surface area contributed by atoms with E-state index in [0.717, 1.165) is 31.5 Å². The highest BCUT2D eigenvalue weighted by molar-refractivity contribution is 6.30. The largest absolute Gasteiger partial charge is 0.339 e. The van der Waals surface area contributed by atoms with Crippen LogP contribution in [-0.4, -0.2) is 29.8 Å². The third-order valence-electron chi connectivity index (χ3n) is 4.95. The van der Waals surface area contributed by atoms with E-state index in [1.807, 2.05) is 43.0 Å². The van der Waals surface area contributed by atoms with Gasteiger partial charge in [0.1, 0.15) is 0 Å². The number of benzene rings is 2. The third kappa shape index (κ3) is 4.69. The molecule has 1 fully saturated rings. The van der Waals surface area contributed by atoms with Crippen LogP contribution >= 0.6 is 11.6 Å². The van der Waals surface area contributed by atoms with Gasteiger partial charge in [-0.05, 0) is 54.7 Å². The molecule has 27 heavy (non-hydrogen) atoms. The van der Waals surface area contributed by atoms with Crippen LogP contribution in [0.25, 0.3) is 0 Å². The lowest BCUT2D eigenvalue weighted by atomic mass is 9.87. The number of hydrogen-bond donors (Lipinski definition) is 1. The van der Waals surface area contributed by atoms with Crippen LogP contribution in [0.5, 0.6) is 0 Å². The Bertz CT molecular complexity index is 811. The van der Waals surface area contributed by atoms with Crippen molar-refractivity contribution in [3.8, 4) is 0 Å². The molecule has 2 aromatic carbocycles. The van der Waals surface area contributed by atoms with Gasteiger partial charge in [0.25, 0.3) is 5.91 Å². The Hall–Kier alpha value is -2.33. The molecule has 142 valence electrons. The van der Waals surface area contributed by atoms with Crippen molar-refractivity contribution in [2.45, 2.75) is 32.6 Å². The zero-order valence-electron chi connectivity index (χ0n) is 15.7. The number of rotatable bonds is 5. The highest BCUT2D eigenvalue weighted by Gasteiger charge is 2.25. The molecule has 1 heterocycles. The van der Waals surface area contributed by atoms with E-state index in [1.165, 1.54) is 0 Å². The Kier molecular flexibility index (Phi) is 6.17. The summed E-state index contributed by atoms with van der Waals surface area (Å²) >= 11 is 5.97. The zero-order chi connectivity index (χ0) is 19.4. The molecule has 3 rings (SSSR count). The molecule has 0 bridgehead atoms. The highest BCUT2D eigenvalue weighted by atomic mass is 35.5. The lowest BCUT2D eigenvalue weighted by molar-refractivity contribution is -0.118. The number of carbonyl (C=O) groups excluding carboxylic acids is 2. The molecule has 2 aromatic rings. The molecule has 0 saturated carbocycles. The van der Waals surface area contributed by atoms with E-state index in [2.05, 4.69) is 5.32 Å². The van der Waals surface area contributed by atoms with Crippen molar-refractivity contribution in [1.82, 2.24) is 4.90 Å². The van der Waals surface area contributed by atoms with Gasteiger partial charge in [0.15, 0.2) is 0 Å². The first-order chi connectivity index (χ1) is 13.0. The predicted molar refractivity (Wildman–Crippen MR) is 109 cm³/mol. The molecule has 0 radical (unpaired) electrons. The summed E-state index contributed by atoms with van der Waals surface area (Å²) < 4.78 is 0. The third-order valence-corrected chi connectivity index (χ3v) is 5.20. The van der Waals surface area contributed by atoms with Crippen LogP contribution in [0.3, 0.4) is 0 Å². The smallest absolute Gasteiger partial charge is 0.253 e. The first kappa shape index (κ1) is 19.4. The minimum atomic E-state index is -0.291. The molecule has 1 saturated heterocycles. The van der Waals surface area contributed by atoms with Gasteiger partial charge < -0.3 is 10.2 Å². The van der Waals surface area contributed by atoms with Crippen molar-refractivity contribution in [2.75, 3.05) is 18.4 Å². The van der Waals surface area contributed by atoms with E-state index in [0.29, 0.717) is 16.3 Å². The van der Waals surface area contributed by atoms with Crippen LogP contribution in [0.4, 0.5) is 5.69 Å². The van der Waals surface area contributed by atoms with Crippen LogP contribution in [0, 0.1) is 5.92 Å². The second-order valence-electron chi connectivity index (χ2n) is 7.34. The maximum Gasteiger partial charge on any atom is 0.253 e. The second-order valence-corrected chi connectivity index (χ2v) is 7.78. The second kappa shape index (κ2) is 8.57. The van der Waals surface area contributed by atoms with Crippen molar-refractivity contribution >= 4 is 29.1 Å². The van der Waals surface area contributed by atoms with Gasteiger partial charge >= 0.3 is 0 Å². The molecular weight excluding hydrogens is 360 g/mol. The van der Waals surface area contributed by atoms with Crippen LogP contribution in [-0.2, 0) is 4.79 Å². The average molecular weight is 385 g/mol. The van der Waals surface area contributed by atoms with E-state index in [1.54, 1.807) is 24.3 Å². The standard InChI is InChI=1S/C22H25ClN2O2/c1-15(2)20(16-8-10-18(23)11-9-16)21(26)24-19-7-5-6-17(14-19)22(27)25-12-3-4-13-25/h5-11,14-15,20H,3-4,12-13H2,1-2H3,(H,24,26). The predicted octanol–water partition coefficient (Wildman–Crippen LogP) is 4.95. The Morgan fingerprint density at radius 1 is 1.04 bits per heavy atom. The molecule has 0 spiro atoms. The van der Waals surface area contributed by atoms with Gasteiger partial charge in [-0.2, -0.15) is 0 Å². The number of hydrogen-bond acceptors (Lipinski definition) is 2. The van der Waals surface area contributed by atoms with Gasteiger partial charge in [-0.3, -0.25) is 9.59 Å². The summed E-state index contributed by atoms with van der Waals surface area (Å²) in [6, 6.07) is 14.6. The van der Waals surface area contributed by atoms with E-state index < -0.39 is 0 Å². The summed E-state index contributed by atoms with van der Waals surface area (Å²) in [4.78, 5) is 27.4. The lowest BCUT2D eigenvalue weighted by Gasteiger charge is -2.21. The summed E-state index contributed by atoms with van der Waals surface area (Å²) in [6.45, 7) is 5.65. The summed E-state index contributed by atoms with van der Waals surface area (Å²) in [5.74, 6) is -0.222. The summed E-state index contributed by atoms with van der Waals surface area (Å²) in [5.41, 5.74) is 2.18. The number of nitrogens with zero attached hydrogens (tertiary/aromatic N) is 1. The van der Waals surface area contributed by atoms with E-state index in [9.17, 15) is 9.59 Å². The molecule has 2 amide bonds. The van der Waals surface area contributed by atoms with E-state index in [4.69, 9.17) is 11.6 Å². The number of halogens is 1. The van der Waals surface area contributed by atoms with Gasteiger partial charge in [0, 0.05) is 29.4 Å². The fourth-order valence-electron chi connectivity index (χ4n) is 3.56. The number of nitrogens with one attached hydrogen (secondary N) is 1. The van der Waals surface area contributed by atoms with Crippen molar-refractivity contribution < 1.29 is 9.59 Å². The molecule has 4 nitrogen and oxygen atoms in total. The number of likely N-dealkylation sites (tertiary alicyclic amines) is 1. The van der Waals surface area contributed by atoms with Crippen molar-refractivity contribution in [3.63, 3.8) is 0 Å². The first-order valence-corrected chi connectivity index (χ1v) is 9.79. The van der Waals surface area contributed by atoms with E-state index >= 15 is 0 Å². The van der Waals surface area contributed by atoms with Crippen molar-refractivity contribution in [3.05, 3.63) is 64.7 Å². The molecule has 1 aliphatic heterocycles. The molecule has 0 aliphatic carbocycles. The summed E-state index contributed by atoms with van der Waals surface area (Å²) in [7, 11) is 0. The molecule has 0 aromatic heterocycles. The maximum absolute atomic E-state index is 12.9. The first-order valence-electron chi connectivity index (χ1n) is 9.41. The maximum atomic E-state index is 12.9. The Morgan fingerprint density at radius 2 is 1.70 bits per heavy atom. The molecule has 1 N–H and O–H groups in total. The average Bonchev–Trinajstić information content (AvgIpc) is 3.17. The van der Waals surface area contributed by atoms with Crippen LogP contribution in [0.1, 0.15) is 48.5 Å². The van der Waals surface area contributed by atoms with Crippen LogP contribution in [0.15, 0.2) is 48.5 Å². The summed E-state index contributed by atoms with van der Waals surface area (Å²) in [5, 5.41) is 3.63. The van der Waals surface area contributed by atoms with Crippen molar-refractivity contribution in [2.24, 2.45) is 5.92 Å². The minimum absolute atomic E-state index is 0.0294. The number of amides is 2. The number of anilines is 1. The van der Waals surface area contributed by atoms with Gasteiger partial charge in [-0.25, -0.2) is 0 Å². The number of carbonyl (C=O) groups is 2. The lowest BCUT2D eigenvalue weighted by Crippen LogP contribution is -2.28. The molecule has 1 atom stereocenters. The quantitative estimate of drug-likeness (QED) is 0.792. The summed E-state index contributed by atoms with van der Waals surface area (Å²) in [6.07, 6.45) is 2.11. The molecule has 5 heteroatoms. The normalized spacial score (nSPS) is 15.0. The van der Waals surface area contributed by atoms with Gasteiger partial charge in [0.05, 0.1) is 5.92 Å². The molecule has 1 unspecified atom stereocenters. The van der Waals surface area contributed by atoms with Crippen molar-refractivity contribution in [1.29, 1.82) is 0 Å². The monoisotopic (exact) mass is 384 g/mol. The van der Waals surface area contributed by atoms with Crippen LogP contribution < -0.4 is 5.32 Å². The fraction of sp³-hybridized carbons (Fsp3) is 0.364.